The Morgan fingerprint density at radius 3 is 2.62 bits per heavy atom. The Balaban J connectivity index is 1.33. The van der Waals surface area contributed by atoms with E-state index in [2.05, 4.69) is 35.3 Å². The number of amides is 1. The molecule has 0 unspecified atom stereocenters. The van der Waals surface area contributed by atoms with E-state index < -0.39 is 5.60 Å². The summed E-state index contributed by atoms with van der Waals surface area (Å²) in [6.07, 6.45) is 3.05. The van der Waals surface area contributed by atoms with Crippen LogP contribution >= 0.6 is 11.3 Å². The van der Waals surface area contributed by atoms with Crippen LogP contribution in [-0.2, 0) is 4.74 Å². The molecule has 190 valence electrons. The lowest BCUT2D eigenvalue weighted by Gasteiger charge is -2.35. The summed E-state index contributed by atoms with van der Waals surface area (Å²) in [5, 5.41) is 18.1. The van der Waals surface area contributed by atoms with Gasteiger partial charge in [-0.1, -0.05) is 11.3 Å². The fourth-order valence-electron chi connectivity index (χ4n) is 4.08. The number of anilines is 2. The van der Waals surface area contributed by atoms with E-state index >= 15 is 0 Å². The van der Waals surface area contributed by atoms with Gasteiger partial charge in [0.2, 0.25) is 10.8 Å². The van der Waals surface area contributed by atoms with Crippen LogP contribution in [0.25, 0.3) is 32.3 Å². The minimum Gasteiger partial charge on any atom is -0.444 e. The van der Waals surface area contributed by atoms with Gasteiger partial charge in [-0.25, -0.2) is 14.2 Å². The van der Waals surface area contributed by atoms with Gasteiger partial charge >= 0.3 is 6.09 Å². The fourth-order valence-corrected chi connectivity index (χ4v) is 5.00. The maximum absolute atomic E-state index is 12.4. The molecule has 1 amide bonds. The second kappa shape index (κ2) is 9.67. The molecule has 1 aliphatic rings. The van der Waals surface area contributed by atoms with Crippen LogP contribution in [0.15, 0.2) is 36.7 Å². The first-order valence-electron chi connectivity index (χ1n) is 11.9. The zero-order valence-electron chi connectivity index (χ0n) is 21.1. The molecule has 0 spiro atoms. The molecule has 1 saturated heterocycles. The molecule has 12 heteroatoms. The van der Waals surface area contributed by atoms with Gasteiger partial charge in [-0.3, -0.25) is 4.98 Å². The lowest BCUT2D eigenvalue weighted by molar-refractivity contribution is 0.0240. The van der Waals surface area contributed by atoms with Crippen molar-refractivity contribution in [1.82, 2.24) is 29.7 Å². The zero-order chi connectivity index (χ0) is 26.2. The standard InChI is InChI=1S/C25H27N9O2S/c1-25(2,3)36-24(35)33-10-8-32(9-11-33)23-31-30-22(37-23)18-15-28-20(13-19(18)27-5)21-7-6-17-12-16(26-4)14-29-34(17)21/h6-7,12-15H,8-11H2,1-3,5H3,(H,27,28). The molecule has 0 aromatic carbocycles. The van der Waals surface area contributed by atoms with E-state index in [0.29, 0.717) is 31.9 Å². The number of nitrogens with zero attached hydrogens (tertiary/aromatic N) is 8. The Kier molecular flexibility index (Phi) is 6.39. The lowest BCUT2D eigenvalue weighted by Crippen LogP contribution is -2.50. The van der Waals surface area contributed by atoms with Gasteiger partial charge in [0.1, 0.15) is 5.60 Å². The third-order valence-corrected chi connectivity index (χ3v) is 6.91. The highest BCUT2D eigenvalue weighted by Crippen LogP contribution is 2.35. The Morgan fingerprint density at radius 2 is 1.92 bits per heavy atom. The minimum absolute atomic E-state index is 0.285. The van der Waals surface area contributed by atoms with Crippen molar-refractivity contribution < 1.29 is 9.53 Å². The van der Waals surface area contributed by atoms with Crippen LogP contribution < -0.4 is 10.2 Å². The fraction of sp³-hybridized carbons (Fsp3) is 0.360. The predicted octanol–water partition coefficient (Wildman–Crippen LogP) is 4.56. The summed E-state index contributed by atoms with van der Waals surface area (Å²) in [6.45, 7) is 15.3. The van der Waals surface area contributed by atoms with Crippen molar-refractivity contribution in [3.05, 3.63) is 48.1 Å². The molecule has 37 heavy (non-hydrogen) atoms. The van der Waals surface area contributed by atoms with E-state index in [1.807, 2.05) is 46.0 Å². The first kappa shape index (κ1) is 24.5. The molecular formula is C25H27N9O2S. The van der Waals surface area contributed by atoms with Crippen LogP contribution in [0, 0.1) is 6.57 Å². The van der Waals surface area contributed by atoms with Crippen LogP contribution in [0.1, 0.15) is 20.8 Å². The summed E-state index contributed by atoms with van der Waals surface area (Å²) in [5.74, 6) is 0. The number of hydrogen-bond donors (Lipinski definition) is 1. The van der Waals surface area contributed by atoms with Gasteiger partial charge in [-0.05, 0) is 45.0 Å². The number of fused-ring (bicyclic) bond motifs is 1. The molecule has 11 nitrogen and oxygen atoms in total. The SMILES string of the molecule is [C-]#[N+]c1cnn2c(-c3cc(NC)c(-c4nnc(N5CCN(C(=O)OC(C)(C)C)CC5)s4)cn3)ccc2c1. The Morgan fingerprint density at radius 1 is 1.14 bits per heavy atom. The van der Waals surface area contributed by atoms with Crippen molar-refractivity contribution in [2.45, 2.75) is 26.4 Å². The van der Waals surface area contributed by atoms with Gasteiger partial charge in [-0.15, -0.1) is 10.2 Å². The van der Waals surface area contributed by atoms with Gasteiger partial charge in [0, 0.05) is 45.1 Å². The number of pyridine rings is 1. The first-order valence-corrected chi connectivity index (χ1v) is 12.7. The average molecular weight is 518 g/mol. The number of ether oxygens (including phenoxy) is 1. The molecule has 4 aromatic rings. The molecule has 1 N–H and O–H groups in total. The number of aromatic nitrogens is 5. The van der Waals surface area contributed by atoms with E-state index in [-0.39, 0.29) is 6.09 Å². The highest BCUT2D eigenvalue weighted by atomic mass is 32.1. The van der Waals surface area contributed by atoms with E-state index in [9.17, 15) is 4.79 Å². The average Bonchev–Trinajstić information content (AvgIpc) is 3.54. The smallest absolute Gasteiger partial charge is 0.410 e. The molecule has 5 rings (SSSR count). The number of carbonyl (C=O) groups is 1. The topological polar surface area (TPSA) is 105 Å². The normalized spacial score (nSPS) is 14.0. The molecule has 0 saturated carbocycles. The maximum Gasteiger partial charge on any atom is 0.410 e. The largest absolute Gasteiger partial charge is 0.444 e. The van der Waals surface area contributed by atoms with E-state index in [0.717, 1.165) is 38.3 Å². The molecule has 0 bridgehead atoms. The van der Waals surface area contributed by atoms with Gasteiger partial charge in [0.05, 0.1) is 35.2 Å². The quantitative estimate of drug-likeness (QED) is 0.393. The summed E-state index contributed by atoms with van der Waals surface area (Å²) in [5.41, 5.74) is 4.12. The Labute approximate surface area is 218 Å². The monoisotopic (exact) mass is 517 g/mol. The lowest BCUT2D eigenvalue weighted by atomic mass is 10.2. The summed E-state index contributed by atoms with van der Waals surface area (Å²) in [6, 6.07) is 7.62. The molecule has 0 radical (unpaired) electrons. The van der Waals surface area contributed by atoms with Crippen LogP contribution in [-0.4, -0.2) is 74.6 Å². The van der Waals surface area contributed by atoms with E-state index in [1.54, 1.807) is 27.9 Å². The van der Waals surface area contributed by atoms with Gasteiger partial charge in [0.25, 0.3) is 0 Å². The minimum atomic E-state index is -0.510. The summed E-state index contributed by atoms with van der Waals surface area (Å²) < 4.78 is 7.26. The number of nitrogens with one attached hydrogen (secondary N) is 1. The van der Waals surface area contributed by atoms with Crippen LogP contribution in [0.5, 0.6) is 0 Å². The van der Waals surface area contributed by atoms with Gasteiger partial charge in [0.15, 0.2) is 5.01 Å². The van der Waals surface area contributed by atoms with Crippen LogP contribution in [0.2, 0.25) is 0 Å². The van der Waals surface area contributed by atoms with Crippen LogP contribution in [0.4, 0.5) is 21.3 Å². The number of hydrogen-bond acceptors (Lipinski definition) is 9. The Hall–Kier alpha value is -4.24. The highest BCUT2D eigenvalue weighted by molar-refractivity contribution is 7.18. The highest BCUT2D eigenvalue weighted by Gasteiger charge is 2.27. The summed E-state index contributed by atoms with van der Waals surface area (Å²) in [7, 11) is 1.86. The molecule has 1 fully saturated rings. The summed E-state index contributed by atoms with van der Waals surface area (Å²) >= 11 is 1.49. The molecule has 1 aliphatic heterocycles. The van der Waals surface area contributed by atoms with Gasteiger partial charge in [-0.2, -0.15) is 5.10 Å². The number of rotatable bonds is 4. The van der Waals surface area contributed by atoms with Crippen molar-refractivity contribution in [1.29, 1.82) is 0 Å². The third kappa shape index (κ3) is 5.03. The molecular weight excluding hydrogens is 490 g/mol. The van der Waals surface area contributed by atoms with Crippen molar-refractivity contribution in [2.75, 3.05) is 43.4 Å². The Bertz CT molecular complexity index is 1490. The molecule has 4 aromatic heterocycles. The number of carbonyl (C=O) groups excluding carboxylic acids is 1. The third-order valence-electron chi connectivity index (χ3n) is 5.90. The van der Waals surface area contributed by atoms with Crippen molar-refractivity contribution >= 4 is 39.5 Å². The van der Waals surface area contributed by atoms with Crippen molar-refractivity contribution in [3.63, 3.8) is 0 Å². The zero-order valence-corrected chi connectivity index (χ0v) is 21.9. The van der Waals surface area contributed by atoms with E-state index in [1.165, 1.54) is 11.3 Å². The molecule has 0 aliphatic carbocycles. The molecule has 5 heterocycles. The van der Waals surface area contributed by atoms with Gasteiger partial charge < -0.3 is 19.9 Å². The second-order valence-electron chi connectivity index (χ2n) is 9.59. The predicted molar refractivity (Wildman–Crippen MR) is 143 cm³/mol. The van der Waals surface area contributed by atoms with E-state index in [4.69, 9.17) is 11.3 Å². The summed E-state index contributed by atoms with van der Waals surface area (Å²) in [4.78, 5) is 24.4. The molecule has 0 atom stereocenters. The maximum atomic E-state index is 12.4. The second-order valence-corrected chi connectivity index (χ2v) is 10.5. The number of piperazine rings is 1. The van der Waals surface area contributed by atoms with Crippen LogP contribution in [0.3, 0.4) is 0 Å². The van der Waals surface area contributed by atoms with Crippen molar-refractivity contribution in [2.24, 2.45) is 0 Å². The van der Waals surface area contributed by atoms with Crippen molar-refractivity contribution in [3.8, 4) is 22.0 Å². The first-order chi connectivity index (χ1) is 17.8.